The molecule has 2 saturated heterocycles. The van der Waals surface area contributed by atoms with Crippen LogP contribution in [-0.4, -0.2) is 81.4 Å². The van der Waals surface area contributed by atoms with Crippen LogP contribution in [-0.2, 0) is 9.53 Å². The highest BCUT2D eigenvalue weighted by Gasteiger charge is 2.35. The number of benzene rings is 1. The minimum absolute atomic E-state index is 0.253. The van der Waals surface area contributed by atoms with Gasteiger partial charge in [0, 0.05) is 31.4 Å². The molecular formula is C26H38N4O5. The van der Waals surface area contributed by atoms with Gasteiger partial charge in [0.2, 0.25) is 0 Å². The molecule has 0 aromatic heterocycles. The van der Waals surface area contributed by atoms with Crippen LogP contribution in [0.1, 0.15) is 50.6 Å². The lowest BCUT2D eigenvalue weighted by atomic mass is 9.94. The van der Waals surface area contributed by atoms with Crippen molar-refractivity contribution in [2.24, 2.45) is 0 Å². The summed E-state index contributed by atoms with van der Waals surface area (Å²) >= 11 is 0. The first-order valence-corrected chi connectivity index (χ1v) is 12.7. The minimum atomic E-state index is -0.650. The highest BCUT2D eigenvalue weighted by atomic mass is 16.5. The number of amides is 2. The molecule has 3 heterocycles. The second-order valence-corrected chi connectivity index (χ2v) is 9.36. The van der Waals surface area contributed by atoms with Gasteiger partial charge in [0.25, 0.3) is 0 Å². The molecule has 0 aliphatic carbocycles. The zero-order valence-corrected chi connectivity index (χ0v) is 21.1. The molecule has 0 radical (unpaired) electrons. The number of urea groups is 1. The largest absolute Gasteiger partial charge is 0.493 e. The molecule has 1 aromatic carbocycles. The Morgan fingerprint density at radius 2 is 1.74 bits per heavy atom. The predicted molar refractivity (Wildman–Crippen MR) is 132 cm³/mol. The predicted octanol–water partition coefficient (Wildman–Crippen LogP) is 2.83. The highest BCUT2D eigenvalue weighted by molar-refractivity contribution is 5.95. The minimum Gasteiger partial charge on any atom is -0.493 e. The van der Waals surface area contributed by atoms with Crippen LogP contribution in [0.3, 0.4) is 0 Å². The van der Waals surface area contributed by atoms with Crippen molar-refractivity contribution in [1.29, 1.82) is 0 Å². The second-order valence-electron chi connectivity index (χ2n) is 9.36. The number of rotatable bonds is 8. The SMILES string of the molecule is CCOC(=O)C1=C(CN2CCC(N3CCCCC3)CC2)NC(=O)N[C@H]1c1ccc(OC)c(OC)c1. The molecule has 3 aliphatic rings. The fraction of sp³-hybridized carbons (Fsp3) is 0.615. The van der Waals surface area contributed by atoms with E-state index >= 15 is 0 Å². The number of piperidine rings is 2. The Labute approximate surface area is 207 Å². The number of likely N-dealkylation sites (tertiary alicyclic amines) is 2. The van der Waals surface area contributed by atoms with Crippen molar-refractivity contribution in [3.05, 3.63) is 35.0 Å². The third-order valence-corrected chi connectivity index (χ3v) is 7.24. The summed E-state index contributed by atoms with van der Waals surface area (Å²) in [6, 6.07) is 5.04. The fourth-order valence-electron chi connectivity index (χ4n) is 5.42. The molecule has 2 N–H and O–H groups in total. The van der Waals surface area contributed by atoms with Gasteiger partial charge < -0.3 is 29.7 Å². The average molecular weight is 487 g/mol. The van der Waals surface area contributed by atoms with Gasteiger partial charge in [0.05, 0.1) is 32.4 Å². The van der Waals surface area contributed by atoms with E-state index in [1.807, 2.05) is 6.07 Å². The summed E-state index contributed by atoms with van der Waals surface area (Å²) in [5, 5.41) is 5.80. The molecule has 2 fully saturated rings. The number of carbonyl (C=O) groups excluding carboxylic acids is 2. The molecule has 192 valence electrons. The van der Waals surface area contributed by atoms with Crippen LogP contribution in [0.15, 0.2) is 29.5 Å². The van der Waals surface area contributed by atoms with Crippen LogP contribution in [0, 0.1) is 0 Å². The van der Waals surface area contributed by atoms with Gasteiger partial charge in [-0.3, -0.25) is 4.90 Å². The van der Waals surface area contributed by atoms with Crippen LogP contribution in [0.2, 0.25) is 0 Å². The van der Waals surface area contributed by atoms with Crippen LogP contribution < -0.4 is 20.1 Å². The van der Waals surface area contributed by atoms with E-state index < -0.39 is 12.0 Å². The van der Waals surface area contributed by atoms with E-state index in [0.29, 0.717) is 35.4 Å². The number of nitrogens with one attached hydrogen (secondary N) is 2. The smallest absolute Gasteiger partial charge is 0.338 e. The second kappa shape index (κ2) is 11.8. The van der Waals surface area contributed by atoms with Crippen molar-refractivity contribution in [2.45, 2.75) is 51.1 Å². The number of methoxy groups -OCH3 is 2. The molecule has 4 rings (SSSR count). The zero-order valence-electron chi connectivity index (χ0n) is 21.1. The van der Waals surface area contributed by atoms with E-state index in [0.717, 1.165) is 31.5 Å². The van der Waals surface area contributed by atoms with Crippen molar-refractivity contribution in [3.8, 4) is 11.5 Å². The summed E-state index contributed by atoms with van der Waals surface area (Å²) in [6.07, 6.45) is 6.15. The third kappa shape index (κ3) is 5.90. The molecule has 0 spiro atoms. The molecule has 0 saturated carbocycles. The van der Waals surface area contributed by atoms with Gasteiger partial charge in [-0.15, -0.1) is 0 Å². The third-order valence-electron chi connectivity index (χ3n) is 7.24. The standard InChI is InChI=1S/C26H38N4O5/c1-4-35-25(31)23-20(17-29-14-10-19(11-15-29)30-12-6-5-7-13-30)27-26(32)28-24(23)18-8-9-21(33-2)22(16-18)34-3/h8-9,16,19,24H,4-7,10-15,17H2,1-3H3,(H2,27,28,32)/t24-/m0/s1. The normalized spacial score (nSPS) is 22.4. The summed E-state index contributed by atoms with van der Waals surface area (Å²) in [7, 11) is 3.13. The zero-order chi connectivity index (χ0) is 24.8. The first-order valence-electron chi connectivity index (χ1n) is 12.7. The van der Waals surface area contributed by atoms with Gasteiger partial charge >= 0.3 is 12.0 Å². The quantitative estimate of drug-likeness (QED) is 0.546. The van der Waals surface area contributed by atoms with E-state index in [1.165, 1.54) is 32.4 Å². The lowest BCUT2D eigenvalue weighted by molar-refractivity contribution is -0.139. The molecule has 1 atom stereocenters. The number of nitrogens with zero attached hydrogens (tertiary/aromatic N) is 2. The topological polar surface area (TPSA) is 92.4 Å². The first kappa shape index (κ1) is 25.3. The lowest BCUT2D eigenvalue weighted by Crippen LogP contribution is -2.51. The van der Waals surface area contributed by atoms with E-state index in [-0.39, 0.29) is 12.6 Å². The maximum absolute atomic E-state index is 13.1. The maximum atomic E-state index is 13.1. The van der Waals surface area contributed by atoms with Crippen molar-refractivity contribution in [1.82, 2.24) is 20.4 Å². The molecule has 3 aliphatic heterocycles. The first-order chi connectivity index (χ1) is 17.0. The van der Waals surface area contributed by atoms with Gasteiger partial charge in [0.1, 0.15) is 0 Å². The number of carbonyl (C=O) groups is 2. The number of esters is 1. The van der Waals surface area contributed by atoms with Crippen LogP contribution >= 0.6 is 0 Å². The summed E-state index contributed by atoms with van der Waals surface area (Å²) in [4.78, 5) is 30.8. The highest BCUT2D eigenvalue weighted by Crippen LogP contribution is 2.35. The molecular weight excluding hydrogens is 448 g/mol. The summed E-state index contributed by atoms with van der Waals surface area (Å²) in [5.74, 6) is 0.676. The van der Waals surface area contributed by atoms with Crippen LogP contribution in [0.5, 0.6) is 11.5 Å². The Kier molecular flexibility index (Phi) is 8.51. The molecule has 9 heteroatoms. The Balaban J connectivity index is 1.56. The van der Waals surface area contributed by atoms with Crippen molar-refractivity contribution in [3.63, 3.8) is 0 Å². The summed E-state index contributed by atoms with van der Waals surface area (Å²) in [6.45, 7) is 6.82. The van der Waals surface area contributed by atoms with Gasteiger partial charge in [-0.1, -0.05) is 12.5 Å². The van der Waals surface area contributed by atoms with Gasteiger partial charge in [-0.2, -0.15) is 0 Å². The Morgan fingerprint density at radius 3 is 2.40 bits per heavy atom. The molecule has 0 bridgehead atoms. The van der Waals surface area contributed by atoms with Crippen molar-refractivity contribution >= 4 is 12.0 Å². The fourth-order valence-corrected chi connectivity index (χ4v) is 5.42. The maximum Gasteiger partial charge on any atom is 0.338 e. The Morgan fingerprint density at radius 1 is 1.03 bits per heavy atom. The van der Waals surface area contributed by atoms with E-state index in [2.05, 4.69) is 20.4 Å². The molecule has 35 heavy (non-hydrogen) atoms. The number of hydrogen-bond donors (Lipinski definition) is 2. The number of hydrogen-bond acceptors (Lipinski definition) is 7. The number of ether oxygens (including phenoxy) is 3. The molecule has 0 unspecified atom stereocenters. The van der Waals surface area contributed by atoms with E-state index in [1.54, 1.807) is 33.3 Å². The summed E-state index contributed by atoms with van der Waals surface area (Å²) < 4.78 is 16.2. The molecule has 1 aromatic rings. The molecule has 2 amide bonds. The lowest BCUT2D eigenvalue weighted by Gasteiger charge is -2.41. The Hall–Kier alpha value is -2.78. The monoisotopic (exact) mass is 486 g/mol. The van der Waals surface area contributed by atoms with Crippen LogP contribution in [0.4, 0.5) is 4.79 Å². The average Bonchev–Trinajstić information content (AvgIpc) is 2.89. The summed E-state index contributed by atoms with van der Waals surface area (Å²) in [5.41, 5.74) is 1.75. The Bertz CT molecular complexity index is 936. The van der Waals surface area contributed by atoms with Crippen LogP contribution in [0.25, 0.3) is 0 Å². The van der Waals surface area contributed by atoms with Gasteiger partial charge in [0.15, 0.2) is 11.5 Å². The van der Waals surface area contributed by atoms with Crippen molar-refractivity contribution in [2.75, 3.05) is 53.6 Å². The molecule has 9 nitrogen and oxygen atoms in total. The van der Waals surface area contributed by atoms with Crippen molar-refractivity contribution < 1.29 is 23.8 Å². The van der Waals surface area contributed by atoms with E-state index in [4.69, 9.17) is 14.2 Å². The van der Waals surface area contributed by atoms with Gasteiger partial charge in [-0.05, 0) is 63.4 Å². The van der Waals surface area contributed by atoms with Gasteiger partial charge in [-0.25, -0.2) is 9.59 Å². The van der Waals surface area contributed by atoms with E-state index in [9.17, 15) is 9.59 Å².